The first kappa shape index (κ1) is 28.8. The molecule has 0 amide bonds. The van der Waals surface area contributed by atoms with Crippen molar-refractivity contribution in [2.24, 2.45) is 0 Å². The summed E-state index contributed by atoms with van der Waals surface area (Å²) in [4.78, 5) is 15.7. The van der Waals surface area contributed by atoms with Crippen molar-refractivity contribution in [2.45, 2.75) is 31.6 Å². The molecule has 8 aromatic rings. The average molecular weight is 644 g/mol. The van der Waals surface area contributed by atoms with Crippen molar-refractivity contribution in [3.63, 3.8) is 0 Å². The second-order valence-corrected chi connectivity index (χ2v) is 14.0. The lowest BCUT2D eigenvalue weighted by molar-refractivity contribution is 0.611. The maximum absolute atomic E-state index is 6.61. The van der Waals surface area contributed by atoms with Crippen LogP contribution in [0.5, 0.6) is 0 Å². The van der Waals surface area contributed by atoms with Crippen molar-refractivity contribution in [3.8, 4) is 56.4 Å². The van der Waals surface area contributed by atoms with Gasteiger partial charge >= 0.3 is 0 Å². The summed E-state index contributed by atoms with van der Waals surface area (Å²) in [7, 11) is 0. The van der Waals surface area contributed by atoms with Gasteiger partial charge in [0, 0.05) is 39.0 Å². The molecule has 238 valence electrons. The van der Waals surface area contributed by atoms with Gasteiger partial charge in [0.05, 0.1) is 0 Å². The highest BCUT2D eigenvalue weighted by Gasteiger charge is 2.36. The van der Waals surface area contributed by atoms with E-state index in [1.54, 1.807) is 0 Å². The zero-order valence-corrected chi connectivity index (χ0v) is 27.9. The van der Waals surface area contributed by atoms with Crippen LogP contribution >= 0.6 is 0 Å². The lowest BCUT2D eigenvalue weighted by atomic mass is 9.80. The normalized spacial score (nSPS) is 15.3. The maximum Gasteiger partial charge on any atom is 0.163 e. The minimum atomic E-state index is -0.125. The van der Waals surface area contributed by atoms with Crippen LogP contribution in [-0.4, -0.2) is 15.0 Å². The Morgan fingerprint density at radius 3 is 1.98 bits per heavy atom. The topological polar surface area (TPSA) is 51.8 Å². The Labute approximate surface area is 291 Å². The number of hydrogen-bond acceptors (Lipinski definition) is 4. The number of aromatic nitrogens is 3. The first-order valence-electron chi connectivity index (χ1n) is 17.3. The van der Waals surface area contributed by atoms with Crippen LogP contribution in [0.2, 0.25) is 0 Å². The van der Waals surface area contributed by atoms with Crippen LogP contribution < -0.4 is 0 Å². The van der Waals surface area contributed by atoms with E-state index in [2.05, 4.69) is 141 Å². The summed E-state index contributed by atoms with van der Waals surface area (Å²) >= 11 is 0. The van der Waals surface area contributed by atoms with E-state index in [9.17, 15) is 0 Å². The predicted molar refractivity (Wildman–Crippen MR) is 201 cm³/mol. The molecule has 0 fully saturated rings. The van der Waals surface area contributed by atoms with E-state index in [-0.39, 0.29) is 11.3 Å². The number of fused-ring (bicyclic) bond motifs is 8. The zero-order valence-electron chi connectivity index (χ0n) is 27.9. The number of rotatable bonds is 4. The van der Waals surface area contributed by atoms with Gasteiger partial charge < -0.3 is 4.42 Å². The summed E-state index contributed by atoms with van der Waals surface area (Å²) in [5, 5.41) is 1.14. The largest absolute Gasteiger partial charge is 0.456 e. The first-order valence-corrected chi connectivity index (χ1v) is 17.3. The third-order valence-electron chi connectivity index (χ3n) is 10.7. The van der Waals surface area contributed by atoms with Crippen LogP contribution in [0.25, 0.3) is 67.3 Å². The molecular formula is C46H33N3O. The molecule has 0 aliphatic heterocycles. The fourth-order valence-electron chi connectivity index (χ4n) is 8.17. The lowest BCUT2D eigenvalue weighted by Gasteiger charge is -2.25. The van der Waals surface area contributed by atoms with E-state index < -0.39 is 0 Å². The predicted octanol–water partition coefficient (Wildman–Crippen LogP) is 11.3. The van der Waals surface area contributed by atoms with Crippen LogP contribution in [0, 0.1) is 0 Å². The molecule has 0 saturated heterocycles. The highest BCUT2D eigenvalue weighted by atomic mass is 16.3. The SMILES string of the molecule is CC1(C)c2ccccc2-c2ccc(-c3nc(-c4ccccc4)nc(C4Cc5c(oc6ccc(-c7ccccc7)cc56)-c5ccccc54)n3)cc21. The molecule has 0 radical (unpaired) electrons. The highest BCUT2D eigenvalue weighted by molar-refractivity contribution is 5.93. The molecule has 4 heteroatoms. The quantitative estimate of drug-likeness (QED) is 0.191. The van der Waals surface area contributed by atoms with Crippen molar-refractivity contribution in [3.05, 3.63) is 174 Å². The molecule has 0 bridgehead atoms. The molecule has 2 aliphatic rings. The van der Waals surface area contributed by atoms with E-state index >= 15 is 0 Å². The van der Waals surface area contributed by atoms with Gasteiger partial charge in [0.2, 0.25) is 0 Å². The van der Waals surface area contributed by atoms with Gasteiger partial charge in [0.25, 0.3) is 0 Å². The van der Waals surface area contributed by atoms with Crippen molar-refractivity contribution in [1.82, 2.24) is 15.0 Å². The molecule has 1 unspecified atom stereocenters. The number of benzene rings is 6. The molecule has 0 saturated carbocycles. The Bertz CT molecular complexity index is 2600. The Morgan fingerprint density at radius 2 is 1.18 bits per heavy atom. The molecular weight excluding hydrogens is 611 g/mol. The second-order valence-electron chi connectivity index (χ2n) is 14.0. The van der Waals surface area contributed by atoms with Gasteiger partial charge in [-0.2, -0.15) is 0 Å². The van der Waals surface area contributed by atoms with Crippen molar-refractivity contribution in [1.29, 1.82) is 0 Å². The molecule has 4 nitrogen and oxygen atoms in total. The van der Waals surface area contributed by atoms with Crippen LogP contribution in [0.4, 0.5) is 0 Å². The monoisotopic (exact) mass is 643 g/mol. The van der Waals surface area contributed by atoms with Gasteiger partial charge in [0.1, 0.15) is 17.2 Å². The minimum Gasteiger partial charge on any atom is -0.456 e. The molecule has 0 spiro atoms. The summed E-state index contributed by atoms with van der Waals surface area (Å²) in [6.07, 6.45) is 0.724. The summed E-state index contributed by atoms with van der Waals surface area (Å²) in [5.41, 5.74) is 13.8. The molecule has 6 aromatic carbocycles. The van der Waals surface area contributed by atoms with E-state index in [1.165, 1.54) is 44.5 Å². The first-order chi connectivity index (χ1) is 24.5. The molecule has 50 heavy (non-hydrogen) atoms. The maximum atomic E-state index is 6.61. The van der Waals surface area contributed by atoms with E-state index in [4.69, 9.17) is 19.4 Å². The molecule has 0 N–H and O–H groups in total. The highest BCUT2D eigenvalue weighted by Crippen LogP contribution is 2.50. The van der Waals surface area contributed by atoms with Gasteiger partial charge in [-0.25, -0.2) is 15.0 Å². The van der Waals surface area contributed by atoms with Gasteiger partial charge in [-0.05, 0) is 63.6 Å². The van der Waals surface area contributed by atoms with Gasteiger partial charge in [-0.3, -0.25) is 0 Å². The summed E-state index contributed by atoms with van der Waals surface area (Å²) in [5.74, 6) is 2.99. The second kappa shape index (κ2) is 10.9. The molecule has 2 aliphatic carbocycles. The fourth-order valence-corrected chi connectivity index (χ4v) is 8.17. The minimum absolute atomic E-state index is 0.0841. The Morgan fingerprint density at radius 1 is 0.540 bits per heavy atom. The smallest absolute Gasteiger partial charge is 0.163 e. The molecule has 2 aromatic heterocycles. The van der Waals surface area contributed by atoms with Crippen LogP contribution in [-0.2, 0) is 11.8 Å². The van der Waals surface area contributed by atoms with Crippen LogP contribution in [0.15, 0.2) is 150 Å². The lowest BCUT2D eigenvalue weighted by Crippen LogP contribution is -2.17. The third kappa shape index (κ3) is 4.41. The molecule has 2 heterocycles. The van der Waals surface area contributed by atoms with E-state index in [0.29, 0.717) is 11.6 Å². The van der Waals surface area contributed by atoms with Gasteiger partial charge in [0.15, 0.2) is 11.6 Å². The molecule has 10 rings (SSSR count). The summed E-state index contributed by atoms with van der Waals surface area (Å²) in [6, 6.07) is 51.3. The van der Waals surface area contributed by atoms with E-state index in [1.807, 2.05) is 18.2 Å². The number of nitrogens with zero attached hydrogens (tertiary/aromatic N) is 3. The Hall–Kier alpha value is -6.13. The number of hydrogen-bond donors (Lipinski definition) is 0. The van der Waals surface area contributed by atoms with Crippen molar-refractivity contribution < 1.29 is 4.42 Å². The summed E-state index contributed by atoms with van der Waals surface area (Å²) < 4.78 is 6.61. The van der Waals surface area contributed by atoms with E-state index in [0.717, 1.165) is 45.7 Å². The zero-order chi connectivity index (χ0) is 33.4. The van der Waals surface area contributed by atoms with Crippen molar-refractivity contribution >= 4 is 11.0 Å². The standard InChI is InChI=1S/C46H33N3O/c1-46(2)39-20-12-11-18-33(39)34-23-21-31(26-40(34)46)44-47-43(29-15-7-4-8-16-29)48-45(49-44)38-27-37-36-25-30(28-13-5-3-6-14-28)22-24-41(36)50-42(37)35-19-10-9-17-32(35)38/h3-26,38H,27H2,1-2H3. The Balaban J connectivity index is 1.15. The average Bonchev–Trinajstić information content (AvgIpc) is 3.66. The third-order valence-corrected chi connectivity index (χ3v) is 10.7. The van der Waals surface area contributed by atoms with Crippen molar-refractivity contribution in [2.75, 3.05) is 0 Å². The van der Waals surface area contributed by atoms with Gasteiger partial charge in [-0.15, -0.1) is 0 Å². The Kier molecular flexibility index (Phi) is 6.31. The number of furan rings is 1. The van der Waals surface area contributed by atoms with Gasteiger partial charge in [-0.1, -0.05) is 141 Å². The fraction of sp³-hybridized carbons (Fsp3) is 0.109. The summed E-state index contributed by atoms with van der Waals surface area (Å²) in [6.45, 7) is 4.62. The van der Waals surface area contributed by atoms with Crippen LogP contribution in [0.1, 0.15) is 47.8 Å². The van der Waals surface area contributed by atoms with Crippen LogP contribution in [0.3, 0.4) is 0 Å². The molecule has 1 atom stereocenters.